The lowest BCUT2D eigenvalue weighted by atomic mass is 10.2. The number of pyridine rings is 1. The van der Waals surface area contributed by atoms with Crippen LogP contribution in [0.1, 0.15) is 24.1 Å². The summed E-state index contributed by atoms with van der Waals surface area (Å²) in [5.41, 5.74) is 1.50. The van der Waals surface area contributed by atoms with Gasteiger partial charge in [0.25, 0.3) is 0 Å². The number of carbonyl (C=O) groups excluding carboxylic acids is 3. The first-order valence-electron chi connectivity index (χ1n) is 7.80. The highest BCUT2D eigenvalue weighted by atomic mass is 32.1. The van der Waals surface area contributed by atoms with Gasteiger partial charge in [0.15, 0.2) is 5.13 Å². The number of hydrogen-bond donors (Lipinski definition) is 3. The van der Waals surface area contributed by atoms with Gasteiger partial charge in [0.2, 0.25) is 17.7 Å². The van der Waals surface area contributed by atoms with Crippen molar-refractivity contribution in [1.29, 1.82) is 0 Å². The summed E-state index contributed by atoms with van der Waals surface area (Å²) in [6.45, 7) is 0.405. The Kier molecular flexibility index (Phi) is 5.34. The van der Waals surface area contributed by atoms with Gasteiger partial charge in [-0.05, 0) is 18.1 Å². The summed E-state index contributed by atoms with van der Waals surface area (Å²) in [4.78, 5) is 43.3. The van der Waals surface area contributed by atoms with E-state index in [2.05, 4.69) is 25.9 Å². The van der Waals surface area contributed by atoms with E-state index in [-0.39, 0.29) is 24.1 Å². The number of carbonyl (C=O) groups is 3. The monoisotopic (exact) mass is 359 g/mol. The predicted molar refractivity (Wildman–Crippen MR) is 91.7 cm³/mol. The van der Waals surface area contributed by atoms with Crippen molar-refractivity contribution in [2.24, 2.45) is 0 Å². The van der Waals surface area contributed by atoms with Gasteiger partial charge in [-0.1, -0.05) is 6.07 Å². The van der Waals surface area contributed by atoms with Gasteiger partial charge < -0.3 is 16.0 Å². The van der Waals surface area contributed by atoms with Crippen molar-refractivity contribution in [3.8, 4) is 0 Å². The molecule has 25 heavy (non-hydrogen) atoms. The van der Waals surface area contributed by atoms with E-state index in [9.17, 15) is 14.4 Å². The van der Waals surface area contributed by atoms with Gasteiger partial charge >= 0.3 is 0 Å². The molecule has 8 nitrogen and oxygen atoms in total. The number of nitrogens with zero attached hydrogens (tertiary/aromatic N) is 2. The molecule has 1 atom stereocenters. The summed E-state index contributed by atoms with van der Waals surface area (Å²) in [6, 6.07) is 3.18. The van der Waals surface area contributed by atoms with Crippen molar-refractivity contribution >= 4 is 34.2 Å². The van der Waals surface area contributed by atoms with Gasteiger partial charge in [-0.2, -0.15) is 0 Å². The second-order valence-corrected chi connectivity index (χ2v) is 6.46. The molecule has 1 fully saturated rings. The van der Waals surface area contributed by atoms with Crippen LogP contribution in [-0.2, 0) is 27.3 Å². The first-order chi connectivity index (χ1) is 12.1. The van der Waals surface area contributed by atoms with E-state index in [1.165, 1.54) is 11.3 Å². The van der Waals surface area contributed by atoms with Crippen LogP contribution >= 0.6 is 11.3 Å². The molecule has 0 saturated carbocycles. The third-order valence-corrected chi connectivity index (χ3v) is 4.45. The maximum Gasteiger partial charge on any atom is 0.248 e. The molecule has 3 rings (SSSR count). The first-order valence-corrected chi connectivity index (χ1v) is 8.68. The molecule has 3 N–H and O–H groups in total. The SMILES string of the molecule is O=C(Cc1csc(NC(=O)[C@@H]2CCC(=O)N2)n1)NCc1cccnc1. The van der Waals surface area contributed by atoms with E-state index in [1.54, 1.807) is 17.8 Å². The normalized spacial score (nSPS) is 16.3. The van der Waals surface area contributed by atoms with Crippen LogP contribution in [0.25, 0.3) is 0 Å². The Bertz CT molecular complexity index is 777. The van der Waals surface area contributed by atoms with Gasteiger partial charge in [-0.3, -0.25) is 19.4 Å². The van der Waals surface area contributed by atoms with Crippen molar-refractivity contribution in [2.45, 2.75) is 31.8 Å². The molecule has 0 bridgehead atoms. The predicted octanol–water partition coefficient (Wildman–Crippen LogP) is 0.614. The summed E-state index contributed by atoms with van der Waals surface area (Å²) in [7, 11) is 0. The van der Waals surface area contributed by atoms with Crippen molar-refractivity contribution < 1.29 is 14.4 Å². The van der Waals surface area contributed by atoms with Gasteiger partial charge in [0.05, 0.1) is 12.1 Å². The molecular formula is C16H17N5O3S. The molecule has 0 radical (unpaired) electrons. The number of thiazole rings is 1. The van der Waals surface area contributed by atoms with Crippen LogP contribution in [0.2, 0.25) is 0 Å². The molecule has 3 amide bonds. The molecule has 0 aromatic carbocycles. The van der Waals surface area contributed by atoms with Gasteiger partial charge in [-0.15, -0.1) is 11.3 Å². The standard InChI is InChI=1S/C16H17N5O3S/c22-13-4-3-12(20-13)15(24)21-16-19-11(9-25-16)6-14(23)18-8-10-2-1-5-17-7-10/h1-2,5,7,9,12H,3-4,6,8H2,(H,18,23)(H,20,22)(H,19,21,24)/t12-/m0/s1. The van der Waals surface area contributed by atoms with E-state index >= 15 is 0 Å². The number of hydrogen-bond acceptors (Lipinski definition) is 6. The fourth-order valence-corrected chi connectivity index (χ4v) is 3.09. The summed E-state index contributed by atoms with van der Waals surface area (Å²) < 4.78 is 0. The summed E-state index contributed by atoms with van der Waals surface area (Å²) in [5.74, 6) is -0.562. The average molecular weight is 359 g/mol. The van der Waals surface area contributed by atoms with Gasteiger partial charge in [-0.25, -0.2) is 4.98 Å². The smallest absolute Gasteiger partial charge is 0.248 e. The number of aromatic nitrogens is 2. The number of amides is 3. The Morgan fingerprint density at radius 3 is 3.00 bits per heavy atom. The topological polar surface area (TPSA) is 113 Å². The maximum atomic E-state index is 12.0. The second kappa shape index (κ2) is 7.84. The average Bonchev–Trinajstić information content (AvgIpc) is 3.23. The number of anilines is 1. The van der Waals surface area contributed by atoms with Crippen molar-refractivity contribution in [2.75, 3.05) is 5.32 Å². The Morgan fingerprint density at radius 2 is 2.28 bits per heavy atom. The van der Waals surface area contributed by atoms with Crippen molar-refractivity contribution in [3.05, 3.63) is 41.2 Å². The number of rotatable bonds is 6. The molecule has 0 unspecified atom stereocenters. The van der Waals surface area contributed by atoms with Crippen LogP contribution in [0.15, 0.2) is 29.9 Å². The quantitative estimate of drug-likeness (QED) is 0.700. The second-order valence-electron chi connectivity index (χ2n) is 5.61. The third-order valence-electron chi connectivity index (χ3n) is 3.65. The minimum absolute atomic E-state index is 0.120. The van der Waals surface area contributed by atoms with Crippen LogP contribution in [0.5, 0.6) is 0 Å². The zero-order valence-corrected chi connectivity index (χ0v) is 14.1. The molecule has 1 aliphatic rings. The molecule has 0 aliphatic carbocycles. The minimum Gasteiger partial charge on any atom is -0.352 e. The van der Waals surface area contributed by atoms with Gasteiger partial charge in [0, 0.05) is 30.7 Å². The van der Waals surface area contributed by atoms with Crippen LogP contribution in [0, 0.1) is 0 Å². The van der Waals surface area contributed by atoms with Crippen LogP contribution < -0.4 is 16.0 Å². The Morgan fingerprint density at radius 1 is 1.40 bits per heavy atom. The molecule has 3 heterocycles. The van der Waals surface area contributed by atoms with Crippen molar-refractivity contribution in [1.82, 2.24) is 20.6 Å². The molecular weight excluding hydrogens is 342 g/mol. The molecule has 130 valence electrons. The van der Waals surface area contributed by atoms with E-state index < -0.39 is 6.04 Å². The lowest BCUT2D eigenvalue weighted by Gasteiger charge is -2.08. The summed E-state index contributed by atoms with van der Waals surface area (Å²) in [6.07, 6.45) is 4.34. The Hall–Kier alpha value is -2.81. The molecule has 9 heteroatoms. The number of nitrogens with one attached hydrogen (secondary N) is 3. The Labute approximate surface area is 148 Å². The fourth-order valence-electron chi connectivity index (χ4n) is 2.38. The zero-order valence-electron chi connectivity index (χ0n) is 13.3. The molecule has 2 aromatic rings. The van der Waals surface area contributed by atoms with Gasteiger partial charge in [0.1, 0.15) is 6.04 Å². The lowest BCUT2D eigenvalue weighted by Crippen LogP contribution is -2.37. The van der Waals surface area contributed by atoms with Crippen LogP contribution in [0.3, 0.4) is 0 Å². The third kappa shape index (κ3) is 4.83. The maximum absolute atomic E-state index is 12.0. The molecule has 2 aromatic heterocycles. The first kappa shape index (κ1) is 17.0. The van der Waals surface area contributed by atoms with E-state index in [1.807, 2.05) is 12.1 Å². The largest absolute Gasteiger partial charge is 0.352 e. The summed E-state index contributed by atoms with van der Waals surface area (Å²) in [5, 5.41) is 10.2. The molecule has 1 saturated heterocycles. The summed E-state index contributed by atoms with van der Waals surface area (Å²) >= 11 is 1.25. The van der Waals surface area contributed by atoms with Crippen LogP contribution in [0.4, 0.5) is 5.13 Å². The van der Waals surface area contributed by atoms with Crippen molar-refractivity contribution in [3.63, 3.8) is 0 Å². The van der Waals surface area contributed by atoms with E-state index in [4.69, 9.17) is 0 Å². The van der Waals surface area contributed by atoms with E-state index in [0.29, 0.717) is 30.2 Å². The highest BCUT2D eigenvalue weighted by Gasteiger charge is 2.27. The van der Waals surface area contributed by atoms with Crippen LogP contribution in [-0.4, -0.2) is 33.7 Å². The highest BCUT2D eigenvalue weighted by Crippen LogP contribution is 2.17. The Balaban J connectivity index is 1.47. The lowest BCUT2D eigenvalue weighted by molar-refractivity contribution is -0.122. The zero-order chi connectivity index (χ0) is 17.6. The molecule has 1 aliphatic heterocycles. The van der Waals surface area contributed by atoms with E-state index in [0.717, 1.165) is 5.56 Å². The minimum atomic E-state index is -0.511. The highest BCUT2D eigenvalue weighted by molar-refractivity contribution is 7.13. The molecule has 0 spiro atoms. The fraction of sp³-hybridized carbons (Fsp3) is 0.312.